The third kappa shape index (κ3) is 3.66. The van der Waals surface area contributed by atoms with E-state index in [1.54, 1.807) is 6.07 Å². The van der Waals surface area contributed by atoms with Crippen molar-refractivity contribution in [2.75, 3.05) is 13.1 Å². The summed E-state index contributed by atoms with van der Waals surface area (Å²) in [7, 11) is -2.01. The highest BCUT2D eigenvalue weighted by molar-refractivity contribution is 6.74. The molecule has 21 heavy (non-hydrogen) atoms. The molecule has 0 amide bonds. The summed E-state index contributed by atoms with van der Waals surface area (Å²) in [5.74, 6) is 0.544. The van der Waals surface area contributed by atoms with E-state index in [2.05, 4.69) is 39.2 Å². The number of piperidine rings is 1. The summed E-state index contributed by atoms with van der Waals surface area (Å²) in [6.45, 7) is 12.7. The predicted octanol–water partition coefficient (Wildman–Crippen LogP) is 4.68. The zero-order valence-corrected chi connectivity index (χ0v) is 14.9. The van der Waals surface area contributed by atoms with Crippen molar-refractivity contribution in [1.29, 1.82) is 0 Å². The van der Waals surface area contributed by atoms with Crippen molar-refractivity contribution < 1.29 is 8.82 Å². The first-order valence-electron chi connectivity index (χ1n) is 7.90. The van der Waals surface area contributed by atoms with Crippen LogP contribution in [-0.2, 0) is 0 Å². The van der Waals surface area contributed by atoms with E-state index in [0.29, 0.717) is 5.75 Å². The highest BCUT2D eigenvalue weighted by Gasteiger charge is 2.39. The molecule has 2 rings (SSSR count). The molecular formula is C17H28FNOSi. The SMILES string of the molecule is CC(C)(C)[Si](C)(C)Oc1cccc(C2CCCNC2)c1F. The van der Waals surface area contributed by atoms with Crippen LogP contribution in [0, 0.1) is 5.82 Å². The van der Waals surface area contributed by atoms with Crippen LogP contribution in [0.15, 0.2) is 18.2 Å². The van der Waals surface area contributed by atoms with Gasteiger partial charge in [0.2, 0.25) is 0 Å². The average Bonchev–Trinajstić information content (AvgIpc) is 2.41. The number of hydrogen-bond donors (Lipinski definition) is 1. The molecule has 0 spiro atoms. The fraction of sp³-hybridized carbons (Fsp3) is 0.647. The van der Waals surface area contributed by atoms with Gasteiger partial charge in [-0.2, -0.15) is 0 Å². The van der Waals surface area contributed by atoms with Crippen LogP contribution in [0.4, 0.5) is 4.39 Å². The molecule has 1 fully saturated rings. The van der Waals surface area contributed by atoms with E-state index in [9.17, 15) is 4.39 Å². The Labute approximate surface area is 129 Å². The summed E-state index contributed by atoms with van der Waals surface area (Å²) < 4.78 is 21.0. The van der Waals surface area contributed by atoms with E-state index in [1.807, 2.05) is 12.1 Å². The first kappa shape index (κ1) is 16.5. The lowest BCUT2D eigenvalue weighted by molar-refractivity contribution is 0.424. The summed E-state index contributed by atoms with van der Waals surface area (Å²) in [5.41, 5.74) is 0.804. The highest BCUT2D eigenvalue weighted by atomic mass is 28.4. The Morgan fingerprint density at radius 3 is 2.57 bits per heavy atom. The second-order valence-electron chi connectivity index (χ2n) is 7.57. The Morgan fingerprint density at radius 1 is 1.29 bits per heavy atom. The maximum absolute atomic E-state index is 14.8. The van der Waals surface area contributed by atoms with Gasteiger partial charge in [-0.05, 0) is 55.1 Å². The molecule has 1 heterocycles. The van der Waals surface area contributed by atoms with Crippen molar-refractivity contribution in [2.45, 2.75) is 57.7 Å². The van der Waals surface area contributed by atoms with Crippen LogP contribution in [0.1, 0.15) is 45.1 Å². The lowest BCUT2D eigenvalue weighted by atomic mass is 9.91. The van der Waals surface area contributed by atoms with E-state index in [4.69, 9.17) is 4.43 Å². The Morgan fingerprint density at radius 2 is 2.00 bits per heavy atom. The van der Waals surface area contributed by atoms with E-state index < -0.39 is 8.32 Å². The second kappa shape index (κ2) is 6.09. The van der Waals surface area contributed by atoms with Crippen LogP contribution < -0.4 is 9.74 Å². The van der Waals surface area contributed by atoms with E-state index in [0.717, 1.165) is 31.5 Å². The van der Waals surface area contributed by atoms with Gasteiger partial charge < -0.3 is 9.74 Å². The van der Waals surface area contributed by atoms with Crippen molar-refractivity contribution >= 4 is 8.32 Å². The van der Waals surface area contributed by atoms with E-state index in [1.165, 1.54) is 0 Å². The molecule has 1 N–H and O–H groups in total. The fourth-order valence-corrected chi connectivity index (χ4v) is 3.48. The average molecular weight is 310 g/mol. The summed E-state index contributed by atoms with van der Waals surface area (Å²) >= 11 is 0. The Balaban J connectivity index is 2.25. The third-order valence-electron chi connectivity index (χ3n) is 4.90. The van der Waals surface area contributed by atoms with Crippen molar-refractivity contribution in [1.82, 2.24) is 5.32 Å². The van der Waals surface area contributed by atoms with Gasteiger partial charge in [0, 0.05) is 6.54 Å². The van der Waals surface area contributed by atoms with Crippen LogP contribution in [0.2, 0.25) is 18.1 Å². The van der Waals surface area contributed by atoms with Gasteiger partial charge in [-0.1, -0.05) is 32.9 Å². The largest absolute Gasteiger partial charge is 0.542 e. The molecule has 1 unspecified atom stereocenters. The number of hydrogen-bond acceptors (Lipinski definition) is 2. The van der Waals surface area contributed by atoms with Gasteiger partial charge in [-0.15, -0.1) is 0 Å². The molecule has 0 aliphatic carbocycles. The first-order valence-corrected chi connectivity index (χ1v) is 10.8. The zero-order chi connectivity index (χ0) is 15.7. The fourth-order valence-electron chi connectivity index (χ4n) is 2.47. The van der Waals surface area contributed by atoms with Crippen molar-refractivity contribution in [3.05, 3.63) is 29.6 Å². The quantitative estimate of drug-likeness (QED) is 0.819. The maximum atomic E-state index is 14.8. The summed E-state index contributed by atoms with van der Waals surface area (Å²) in [6, 6.07) is 5.61. The number of rotatable bonds is 3. The van der Waals surface area contributed by atoms with Gasteiger partial charge in [0.1, 0.15) is 5.75 Å². The van der Waals surface area contributed by atoms with Gasteiger partial charge in [0.05, 0.1) is 0 Å². The van der Waals surface area contributed by atoms with Crippen molar-refractivity contribution in [3.8, 4) is 5.75 Å². The smallest absolute Gasteiger partial charge is 0.250 e. The number of nitrogens with one attached hydrogen (secondary N) is 1. The van der Waals surface area contributed by atoms with E-state index in [-0.39, 0.29) is 16.8 Å². The first-order chi connectivity index (χ1) is 9.72. The molecule has 1 aliphatic rings. The van der Waals surface area contributed by atoms with Gasteiger partial charge in [-0.25, -0.2) is 4.39 Å². The zero-order valence-electron chi connectivity index (χ0n) is 13.9. The van der Waals surface area contributed by atoms with E-state index >= 15 is 0 Å². The van der Waals surface area contributed by atoms with Gasteiger partial charge >= 0.3 is 0 Å². The predicted molar refractivity (Wildman–Crippen MR) is 89.1 cm³/mol. The topological polar surface area (TPSA) is 21.3 Å². The molecular weight excluding hydrogens is 281 g/mol. The van der Waals surface area contributed by atoms with Gasteiger partial charge in [0.15, 0.2) is 5.82 Å². The molecule has 1 atom stereocenters. The number of halogens is 1. The van der Waals surface area contributed by atoms with Crippen LogP contribution in [0.5, 0.6) is 5.75 Å². The van der Waals surface area contributed by atoms with Crippen molar-refractivity contribution in [3.63, 3.8) is 0 Å². The minimum absolute atomic E-state index is 0.0713. The third-order valence-corrected chi connectivity index (χ3v) is 9.24. The molecule has 4 heteroatoms. The lowest BCUT2D eigenvalue weighted by Crippen LogP contribution is -2.44. The molecule has 1 aliphatic heterocycles. The number of benzene rings is 1. The standard InChI is InChI=1S/C17H28FNOSi/c1-17(2,3)21(4,5)20-15-10-6-9-14(16(15)18)13-8-7-11-19-12-13/h6,9-10,13,19H,7-8,11-12H2,1-5H3. The molecule has 0 radical (unpaired) electrons. The summed E-state index contributed by atoms with van der Waals surface area (Å²) in [5, 5.41) is 3.42. The molecule has 0 aromatic heterocycles. The van der Waals surface area contributed by atoms with Gasteiger partial charge in [0.25, 0.3) is 8.32 Å². The molecule has 1 saturated heterocycles. The minimum atomic E-state index is -2.01. The molecule has 0 bridgehead atoms. The summed E-state index contributed by atoms with van der Waals surface area (Å²) in [6.07, 6.45) is 2.16. The van der Waals surface area contributed by atoms with Crippen molar-refractivity contribution in [2.24, 2.45) is 0 Å². The monoisotopic (exact) mass is 309 g/mol. The lowest BCUT2D eigenvalue weighted by Gasteiger charge is -2.36. The molecule has 2 nitrogen and oxygen atoms in total. The minimum Gasteiger partial charge on any atom is -0.542 e. The second-order valence-corrected chi connectivity index (χ2v) is 12.3. The molecule has 0 saturated carbocycles. The highest BCUT2D eigenvalue weighted by Crippen LogP contribution is 2.39. The van der Waals surface area contributed by atoms with Crippen LogP contribution in [0.3, 0.4) is 0 Å². The molecule has 118 valence electrons. The Kier molecular flexibility index (Phi) is 4.78. The van der Waals surface area contributed by atoms with Gasteiger partial charge in [-0.3, -0.25) is 0 Å². The maximum Gasteiger partial charge on any atom is 0.250 e. The Bertz CT molecular complexity index is 490. The van der Waals surface area contributed by atoms with Crippen LogP contribution in [0.25, 0.3) is 0 Å². The van der Waals surface area contributed by atoms with Crippen LogP contribution >= 0.6 is 0 Å². The Hall–Kier alpha value is -0.873. The normalized spacial score (nSPS) is 20.4. The molecule has 1 aromatic carbocycles. The van der Waals surface area contributed by atoms with Crippen LogP contribution in [-0.4, -0.2) is 21.4 Å². The molecule has 1 aromatic rings. The summed E-state index contributed by atoms with van der Waals surface area (Å²) in [4.78, 5) is 0.